The van der Waals surface area contributed by atoms with Crippen LogP contribution in [0, 0.1) is 0 Å². The van der Waals surface area contributed by atoms with Gasteiger partial charge in [0.05, 0.1) is 13.2 Å². The first-order chi connectivity index (χ1) is 14.5. The molecule has 0 unspecified atom stereocenters. The van der Waals surface area contributed by atoms with Crippen LogP contribution in [0.1, 0.15) is 17.5 Å². The fourth-order valence-corrected chi connectivity index (χ4v) is 3.35. The highest BCUT2D eigenvalue weighted by Crippen LogP contribution is 2.32. The molecule has 3 aromatic rings. The van der Waals surface area contributed by atoms with Gasteiger partial charge in [-0.1, -0.05) is 23.7 Å². The zero-order valence-corrected chi connectivity index (χ0v) is 17.1. The van der Waals surface area contributed by atoms with Crippen LogP contribution in [0.2, 0.25) is 5.02 Å². The Labute approximate surface area is 178 Å². The molecule has 2 heterocycles. The number of ether oxygens (including phenoxy) is 2. The van der Waals surface area contributed by atoms with Crippen molar-refractivity contribution in [1.29, 1.82) is 0 Å². The lowest BCUT2D eigenvalue weighted by atomic mass is 10.2. The number of benzene rings is 2. The van der Waals surface area contributed by atoms with E-state index in [2.05, 4.69) is 5.32 Å². The standard InChI is InChI=1S/C22H21ClN2O5/c1-14(29-16-8-6-15(23)7-9-16)21(26)24-19-17-4-2-3-5-18(17)30-20(19)22(27)25-10-12-28-13-11-25/h2-9,14H,10-13H2,1H3,(H,24,26)/t14-/m1/s1. The third-order valence-electron chi connectivity index (χ3n) is 4.83. The molecule has 1 aromatic heterocycles. The SMILES string of the molecule is C[C@@H](Oc1ccc(Cl)cc1)C(=O)Nc1c(C(=O)N2CCOCC2)oc2ccccc12. The second-order valence-electron chi connectivity index (χ2n) is 6.91. The van der Waals surface area contributed by atoms with Gasteiger partial charge in [0.1, 0.15) is 17.0 Å². The molecule has 30 heavy (non-hydrogen) atoms. The highest BCUT2D eigenvalue weighted by molar-refractivity contribution is 6.30. The van der Waals surface area contributed by atoms with Crippen LogP contribution in [-0.2, 0) is 9.53 Å². The van der Waals surface area contributed by atoms with Gasteiger partial charge in [-0.2, -0.15) is 0 Å². The molecule has 1 aliphatic rings. The molecule has 7 nitrogen and oxygen atoms in total. The number of furan rings is 1. The van der Waals surface area contributed by atoms with Crippen LogP contribution in [0.25, 0.3) is 11.0 Å². The summed E-state index contributed by atoms with van der Waals surface area (Å²) < 4.78 is 16.8. The molecule has 0 bridgehead atoms. The van der Waals surface area contributed by atoms with E-state index in [0.717, 1.165) is 0 Å². The number of carbonyl (C=O) groups is 2. The Bertz CT molecular complexity index is 1060. The van der Waals surface area contributed by atoms with Crippen molar-refractivity contribution >= 4 is 40.1 Å². The Morgan fingerprint density at radius 1 is 1.10 bits per heavy atom. The first-order valence-electron chi connectivity index (χ1n) is 9.64. The average molecular weight is 429 g/mol. The third-order valence-corrected chi connectivity index (χ3v) is 5.08. The van der Waals surface area contributed by atoms with Crippen molar-refractivity contribution in [3.05, 3.63) is 59.3 Å². The van der Waals surface area contributed by atoms with Crippen LogP contribution in [0.15, 0.2) is 52.9 Å². The van der Waals surface area contributed by atoms with Gasteiger partial charge in [-0.15, -0.1) is 0 Å². The van der Waals surface area contributed by atoms with Crippen LogP contribution >= 0.6 is 11.6 Å². The Hall–Kier alpha value is -3.03. The summed E-state index contributed by atoms with van der Waals surface area (Å²) in [5, 5.41) is 4.06. The number of morpholine rings is 1. The van der Waals surface area contributed by atoms with Crippen molar-refractivity contribution in [2.45, 2.75) is 13.0 Å². The first kappa shape index (κ1) is 20.3. The number of hydrogen-bond donors (Lipinski definition) is 1. The zero-order valence-electron chi connectivity index (χ0n) is 16.4. The van der Waals surface area contributed by atoms with Crippen LogP contribution in [0.5, 0.6) is 5.75 Å². The molecule has 2 aromatic carbocycles. The molecule has 8 heteroatoms. The first-order valence-corrected chi connectivity index (χ1v) is 10.0. The zero-order chi connectivity index (χ0) is 21.1. The largest absolute Gasteiger partial charge is 0.481 e. The minimum absolute atomic E-state index is 0.102. The van der Waals surface area contributed by atoms with Gasteiger partial charge >= 0.3 is 0 Å². The van der Waals surface area contributed by atoms with Crippen molar-refractivity contribution < 1.29 is 23.5 Å². The Morgan fingerprint density at radius 2 is 1.80 bits per heavy atom. The molecule has 1 atom stereocenters. The fourth-order valence-electron chi connectivity index (χ4n) is 3.23. The predicted molar refractivity (Wildman–Crippen MR) is 113 cm³/mol. The van der Waals surface area contributed by atoms with Gasteiger partial charge in [0.25, 0.3) is 11.8 Å². The van der Waals surface area contributed by atoms with Crippen molar-refractivity contribution in [2.24, 2.45) is 0 Å². The number of nitrogens with one attached hydrogen (secondary N) is 1. The van der Waals surface area contributed by atoms with Gasteiger partial charge in [-0.25, -0.2) is 0 Å². The average Bonchev–Trinajstić information content (AvgIpc) is 3.13. The van der Waals surface area contributed by atoms with Gasteiger partial charge in [0.15, 0.2) is 6.10 Å². The van der Waals surface area contributed by atoms with E-state index in [0.29, 0.717) is 53.7 Å². The number of para-hydroxylation sites is 1. The summed E-state index contributed by atoms with van der Waals surface area (Å²) in [5.41, 5.74) is 0.870. The second-order valence-corrected chi connectivity index (χ2v) is 7.35. The molecule has 0 spiro atoms. The second kappa shape index (κ2) is 8.77. The maximum atomic E-state index is 13.0. The minimum atomic E-state index is -0.800. The maximum Gasteiger partial charge on any atom is 0.291 e. The number of fused-ring (bicyclic) bond motifs is 1. The summed E-state index contributed by atoms with van der Waals surface area (Å²) in [6.45, 7) is 3.52. The smallest absolute Gasteiger partial charge is 0.291 e. The summed E-state index contributed by atoms with van der Waals surface area (Å²) in [5.74, 6) is -0.0579. The molecule has 1 aliphatic heterocycles. The molecule has 1 N–H and O–H groups in total. The Morgan fingerprint density at radius 3 is 2.53 bits per heavy atom. The molecular weight excluding hydrogens is 408 g/mol. The number of carbonyl (C=O) groups excluding carboxylic acids is 2. The summed E-state index contributed by atoms with van der Waals surface area (Å²) in [6, 6.07) is 13.9. The molecule has 0 aliphatic carbocycles. The van der Waals surface area contributed by atoms with Gasteiger partial charge in [-0.05, 0) is 43.3 Å². The number of halogens is 1. The Balaban J connectivity index is 1.58. The van der Waals surface area contributed by atoms with Crippen molar-refractivity contribution in [3.63, 3.8) is 0 Å². The van der Waals surface area contributed by atoms with Gasteiger partial charge in [0, 0.05) is 23.5 Å². The fraction of sp³-hybridized carbons (Fsp3) is 0.273. The van der Waals surface area contributed by atoms with E-state index in [4.69, 9.17) is 25.5 Å². The summed E-state index contributed by atoms with van der Waals surface area (Å²) in [4.78, 5) is 27.5. The van der Waals surface area contributed by atoms with Crippen LogP contribution < -0.4 is 10.1 Å². The Kier molecular flexibility index (Phi) is 5.92. The quantitative estimate of drug-likeness (QED) is 0.665. The van der Waals surface area contributed by atoms with Gasteiger partial charge in [-0.3, -0.25) is 9.59 Å². The van der Waals surface area contributed by atoms with E-state index in [1.807, 2.05) is 12.1 Å². The predicted octanol–water partition coefficient (Wildman–Crippen LogP) is 3.96. The van der Waals surface area contributed by atoms with Crippen molar-refractivity contribution in [3.8, 4) is 5.75 Å². The summed E-state index contributed by atoms with van der Waals surface area (Å²) in [6.07, 6.45) is -0.800. The van der Waals surface area contributed by atoms with Crippen LogP contribution in [0.4, 0.5) is 5.69 Å². The lowest BCUT2D eigenvalue weighted by Crippen LogP contribution is -2.41. The maximum absolute atomic E-state index is 13.0. The molecule has 0 saturated carbocycles. The third kappa shape index (κ3) is 4.27. The van der Waals surface area contributed by atoms with Crippen LogP contribution in [-0.4, -0.2) is 49.1 Å². The summed E-state index contributed by atoms with van der Waals surface area (Å²) >= 11 is 5.88. The minimum Gasteiger partial charge on any atom is -0.481 e. The van der Waals surface area contributed by atoms with E-state index in [-0.39, 0.29) is 11.7 Å². The lowest BCUT2D eigenvalue weighted by Gasteiger charge is -2.26. The number of rotatable bonds is 5. The molecule has 2 amide bonds. The molecule has 156 valence electrons. The van der Waals surface area contributed by atoms with E-state index < -0.39 is 12.0 Å². The van der Waals surface area contributed by atoms with Crippen molar-refractivity contribution in [1.82, 2.24) is 4.90 Å². The molecular formula is C22H21ClN2O5. The van der Waals surface area contributed by atoms with Crippen LogP contribution in [0.3, 0.4) is 0 Å². The van der Waals surface area contributed by atoms with E-state index >= 15 is 0 Å². The number of amides is 2. The monoisotopic (exact) mass is 428 g/mol. The number of anilines is 1. The topological polar surface area (TPSA) is 81.0 Å². The van der Waals surface area contributed by atoms with E-state index in [9.17, 15) is 9.59 Å². The number of hydrogen-bond acceptors (Lipinski definition) is 5. The lowest BCUT2D eigenvalue weighted by molar-refractivity contribution is -0.122. The van der Waals surface area contributed by atoms with Gasteiger partial charge < -0.3 is 24.1 Å². The summed E-state index contributed by atoms with van der Waals surface area (Å²) in [7, 11) is 0. The molecule has 0 radical (unpaired) electrons. The molecule has 4 rings (SSSR count). The normalized spacial score (nSPS) is 15.1. The highest BCUT2D eigenvalue weighted by atomic mass is 35.5. The van der Waals surface area contributed by atoms with E-state index in [1.54, 1.807) is 48.2 Å². The molecule has 1 fully saturated rings. The molecule has 1 saturated heterocycles. The van der Waals surface area contributed by atoms with E-state index in [1.165, 1.54) is 0 Å². The van der Waals surface area contributed by atoms with Gasteiger partial charge in [0.2, 0.25) is 5.76 Å². The number of nitrogens with zero attached hydrogens (tertiary/aromatic N) is 1. The van der Waals surface area contributed by atoms with Crippen molar-refractivity contribution in [2.75, 3.05) is 31.6 Å². The highest BCUT2D eigenvalue weighted by Gasteiger charge is 2.28.